The van der Waals surface area contributed by atoms with Crippen molar-refractivity contribution in [1.82, 2.24) is 0 Å². The summed E-state index contributed by atoms with van der Waals surface area (Å²) in [5.41, 5.74) is 0.572. The predicted octanol–water partition coefficient (Wildman–Crippen LogP) is 4.02. The molecule has 0 aromatic heterocycles. The third-order valence-corrected chi connectivity index (χ3v) is 59.0. The molecule has 10 aliphatic heterocycles. The molecule has 5 unspecified atom stereocenters. The Balaban J connectivity index is 1.50. The van der Waals surface area contributed by atoms with E-state index in [4.69, 9.17) is 0 Å². The molecule has 10 saturated heterocycles. The predicted molar refractivity (Wildman–Crippen MR) is 62.4 cm³/mol. The molecule has 0 radical (unpaired) electrons. The molecule has 10 aliphatic rings. The fourth-order valence-corrected chi connectivity index (χ4v) is 93.8. The molecule has 18 heavy (non-hydrogen) atoms. The van der Waals surface area contributed by atoms with Gasteiger partial charge in [0.25, 0.3) is 0 Å². The summed E-state index contributed by atoms with van der Waals surface area (Å²) in [6.07, 6.45) is 0. The Kier molecular flexibility index (Phi) is 0.212. The van der Waals surface area contributed by atoms with Crippen LogP contribution in [-0.4, -0.2) is 11.1 Å². The topological polar surface area (TPSA) is 37.3 Å². The second kappa shape index (κ2) is 0.550. The molecule has 2 nitrogen and oxygen atoms in total. The van der Waals surface area contributed by atoms with E-state index in [1.807, 2.05) is 0 Å². The number of rotatable bonds is 3. The van der Waals surface area contributed by atoms with Gasteiger partial charge in [-0.1, -0.05) is 0 Å². The molecular formula is C15H16FeO2. The molecule has 0 aromatic carbocycles. The normalized spacial score (nSPS) is 115. The molecule has 0 aliphatic carbocycles. The summed E-state index contributed by atoms with van der Waals surface area (Å²) < 4.78 is 0.675. The number of hydrogen-bond acceptors (Lipinski definition) is 1. The van der Waals surface area contributed by atoms with Crippen LogP contribution in [0.4, 0.5) is 0 Å². The van der Waals surface area contributed by atoms with Crippen LogP contribution in [0.5, 0.6) is 0 Å². The van der Waals surface area contributed by atoms with Gasteiger partial charge in [-0.05, 0) is 0 Å². The van der Waals surface area contributed by atoms with Crippen molar-refractivity contribution in [2.45, 2.75) is 54.6 Å². The molecule has 3 heteroatoms. The summed E-state index contributed by atoms with van der Waals surface area (Å²) in [4.78, 5) is 22.8. The molecular weight excluding hydrogens is 268 g/mol. The van der Waals surface area contributed by atoms with Crippen LogP contribution in [0.15, 0.2) is 12.2 Å². The second-order valence-corrected chi connectivity index (χ2v) is 34.9. The van der Waals surface area contributed by atoms with Crippen LogP contribution in [0, 0.1) is 5.92 Å². The molecule has 1 N–H and O–H groups in total. The first-order chi connectivity index (χ1) is 8.31. The summed E-state index contributed by atoms with van der Waals surface area (Å²) in [5.74, 6) is -0.359. The van der Waals surface area contributed by atoms with E-state index in [0.29, 0.717) is 15.8 Å². The molecule has 0 saturated carbocycles. The first-order valence-corrected chi connectivity index (χ1v) is 13.7. The number of fused-ring (bicyclic) bond motifs is 10. The Morgan fingerprint density at radius 1 is 1.11 bits per heavy atom. The van der Waals surface area contributed by atoms with Crippen molar-refractivity contribution in [1.29, 1.82) is 0 Å². The summed E-state index contributed by atoms with van der Waals surface area (Å²) >= 11 is 0. The van der Waals surface area contributed by atoms with Gasteiger partial charge in [-0.3, -0.25) is 0 Å². The minimum absolute atomic E-state index is 0.351. The van der Waals surface area contributed by atoms with Crippen LogP contribution in [0.3, 0.4) is 0 Å². The number of hydrogen-bond donors (Lipinski definition) is 1. The molecule has 1 spiro atoms. The van der Waals surface area contributed by atoms with Gasteiger partial charge in [0.2, 0.25) is 0 Å². The van der Waals surface area contributed by atoms with Crippen LogP contribution in [0.25, 0.3) is 0 Å². The summed E-state index contributed by atoms with van der Waals surface area (Å²) in [6, 6.07) is 0. The standard InChI is InChI=1S/C10H11O2.C5H5.Fe/c1-7(8(2)10(11)12)9-5-3-4-6-9;1-2-4-5-3-1;/h3-7H,2H2,1H3,(H,11,12);1-5H;. The Labute approximate surface area is 95.1 Å². The monoisotopic (exact) mass is 284 g/mol. The van der Waals surface area contributed by atoms with Gasteiger partial charge in [0, 0.05) is 0 Å². The fourth-order valence-electron chi connectivity index (χ4n) is 18.0. The van der Waals surface area contributed by atoms with E-state index in [2.05, 4.69) is 13.5 Å². The average molecular weight is 284 g/mol. The molecule has 96 valence electrons. The van der Waals surface area contributed by atoms with Crippen LogP contribution >= 0.6 is 0 Å². The van der Waals surface area contributed by atoms with Crippen molar-refractivity contribution < 1.29 is 16.4 Å². The number of carboxylic acids is 1. The van der Waals surface area contributed by atoms with Gasteiger partial charge in [0.1, 0.15) is 0 Å². The van der Waals surface area contributed by atoms with E-state index in [1.165, 1.54) is 43.3 Å². The van der Waals surface area contributed by atoms with Crippen molar-refractivity contribution in [3.63, 3.8) is 0 Å². The van der Waals surface area contributed by atoms with E-state index < -0.39 is 12.5 Å². The van der Waals surface area contributed by atoms with Gasteiger partial charge in [-0.15, -0.1) is 0 Å². The molecule has 10 heterocycles. The van der Waals surface area contributed by atoms with Gasteiger partial charge in [-0.25, -0.2) is 0 Å². The maximum absolute atomic E-state index is 11.4. The number of carbonyl (C=O) groups is 1. The average Bonchev–Trinajstić information content (AvgIpc) is 3.27. The maximum atomic E-state index is 11.4. The Morgan fingerprint density at radius 3 is 1.78 bits per heavy atom. The zero-order valence-corrected chi connectivity index (χ0v) is 11.3. The SMILES string of the molecule is C=C(C(=O)O)C(C)[C]12[CH]3[CH]4[CH]5[CH]1[Fe]45321678[CH]2[CH]1[CH]6[CH]7[CH]28. The van der Waals surface area contributed by atoms with E-state index in [1.54, 1.807) is 0 Å². The van der Waals surface area contributed by atoms with Crippen molar-refractivity contribution in [3.8, 4) is 0 Å². The zero-order valence-electron chi connectivity index (χ0n) is 10.2. The van der Waals surface area contributed by atoms with Gasteiger partial charge in [0.05, 0.1) is 0 Å². The van der Waals surface area contributed by atoms with Crippen LogP contribution in [-0.2, 0) is 11.3 Å². The summed E-state index contributed by atoms with van der Waals surface area (Å²) in [7, 11) is 0. The van der Waals surface area contributed by atoms with Crippen LogP contribution in [0.2, 0.25) is 47.7 Å². The second-order valence-electron chi connectivity index (χ2n) is 11.3. The molecule has 0 aromatic rings. The first kappa shape index (κ1) is 6.95. The number of aliphatic carboxylic acids is 1. The van der Waals surface area contributed by atoms with Gasteiger partial charge >= 0.3 is 95.0 Å². The van der Waals surface area contributed by atoms with E-state index >= 15 is 0 Å². The number of carboxylic acid groups (broad SMARTS) is 1. The zero-order chi connectivity index (χ0) is 11.7. The quantitative estimate of drug-likeness (QED) is 0.627. The van der Waals surface area contributed by atoms with Crippen LogP contribution in [0.1, 0.15) is 6.92 Å². The molecule has 0 amide bonds. The Hall–Kier alpha value is -0.271. The van der Waals surface area contributed by atoms with Crippen molar-refractivity contribution in [2.75, 3.05) is 0 Å². The Bertz CT molecular complexity index is 987. The fraction of sp³-hybridized carbons (Fsp3) is 0.800. The minimum atomic E-state index is -3.08. The van der Waals surface area contributed by atoms with E-state index in [-0.39, 0.29) is 0 Å². The molecule has 0 bridgehead atoms. The van der Waals surface area contributed by atoms with Gasteiger partial charge in [-0.2, -0.15) is 0 Å². The third kappa shape index (κ3) is 0.0664. The van der Waals surface area contributed by atoms with E-state index in [9.17, 15) is 9.90 Å². The summed E-state index contributed by atoms with van der Waals surface area (Å²) in [5, 5.41) is 9.37. The van der Waals surface area contributed by atoms with Crippen LogP contribution < -0.4 is 0 Å². The third-order valence-electron chi connectivity index (χ3n) is 16.2. The Morgan fingerprint density at radius 2 is 1.56 bits per heavy atom. The van der Waals surface area contributed by atoms with Gasteiger partial charge in [0.15, 0.2) is 0 Å². The first-order valence-electron chi connectivity index (χ1n) is 7.44. The van der Waals surface area contributed by atoms with E-state index in [0.717, 1.165) is 0 Å². The van der Waals surface area contributed by atoms with Crippen molar-refractivity contribution >= 4 is 5.97 Å². The van der Waals surface area contributed by atoms with Crippen molar-refractivity contribution in [2.24, 2.45) is 5.92 Å². The van der Waals surface area contributed by atoms with Crippen molar-refractivity contribution in [3.05, 3.63) is 12.2 Å². The molecule has 5 atom stereocenters. The molecule has 10 fully saturated rings. The summed E-state index contributed by atoms with van der Waals surface area (Å²) in [6.45, 7) is 3.15. The molecule has 10 rings (SSSR count). The van der Waals surface area contributed by atoms with Gasteiger partial charge < -0.3 is 0 Å².